The fraction of sp³-hybridized carbons (Fsp3) is 0.250. The van der Waals surface area contributed by atoms with Crippen molar-refractivity contribution in [3.63, 3.8) is 0 Å². The number of benzene rings is 3. The maximum atomic E-state index is 6.00. The van der Waals surface area contributed by atoms with Gasteiger partial charge in [0.1, 0.15) is 6.61 Å². The van der Waals surface area contributed by atoms with E-state index in [1.807, 2.05) is 36.4 Å². The van der Waals surface area contributed by atoms with Crippen LogP contribution in [-0.2, 0) is 31.0 Å². The van der Waals surface area contributed by atoms with E-state index in [1.54, 1.807) is 14.2 Å². The molecule has 0 aliphatic carbocycles. The number of hydrogen-bond acceptors (Lipinski definition) is 4. The molecule has 0 fully saturated rings. The van der Waals surface area contributed by atoms with Gasteiger partial charge >= 0.3 is 0 Å². The van der Waals surface area contributed by atoms with Crippen LogP contribution in [0.1, 0.15) is 22.3 Å². The topological polar surface area (TPSA) is 39.7 Å². The minimum Gasteiger partial charge on any atom is -0.493 e. The molecular formula is C24H27NO3. The van der Waals surface area contributed by atoms with E-state index in [-0.39, 0.29) is 0 Å². The van der Waals surface area contributed by atoms with Gasteiger partial charge in [0, 0.05) is 20.2 Å². The highest BCUT2D eigenvalue weighted by molar-refractivity contribution is 5.43. The van der Waals surface area contributed by atoms with Gasteiger partial charge < -0.3 is 19.5 Å². The Morgan fingerprint density at radius 2 is 1.43 bits per heavy atom. The third kappa shape index (κ3) is 5.59. The SMILES string of the molecule is COCc1ccccc1CNCc1ccc(OC)c(OCc2ccccc2)c1. The Kier molecular flexibility index (Phi) is 7.47. The summed E-state index contributed by atoms with van der Waals surface area (Å²) in [5, 5.41) is 3.50. The molecule has 0 heterocycles. The highest BCUT2D eigenvalue weighted by Gasteiger charge is 2.07. The summed E-state index contributed by atoms with van der Waals surface area (Å²) in [6.45, 7) is 2.66. The molecule has 0 bridgehead atoms. The zero-order valence-corrected chi connectivity index (χ0v) is 16.5. The zero-order chi connectivity index (χ0) is 19.6. The quantitative estimate of drug-likeness (QED) is 0.555. The first-order chi connectivity index (χ1) is 13.8. The number of methoxy groups -OCH3 is 2. The summed E-state index contributed by atoms with van der Waals surface area (Å²) in [6.07, 6.45) is 0. The lowest BCUT2D eigenvalue weighted by Crippen LogP contribution is -2.14. The van der Waals surface area contributed by atoms with Crippen LogP contribution in [0.3, 0.4) is 0 Å². The molecule has 0 saturated heterocycles. The monoisotopic (exact) mass is 377 g/mol. The van der Waals surface area contributed by atoms with Crippen LogP contribution in [0.5, 0.6) is 11.5 Å². The van der Waals surface area contributed by atoms with Gasteiger partial charge in [-0.25, -0.2) is 0 Å². The minimum absolute atomic E-state index is 0.512. The first-order valence-corrected chi connectivity index (χ1v) is 9.40. The summed E-state index contributed by atoms with van der Waals surface area (Å²) in [6, 6.07) is 24.5. The van der Waals surface area contributed by atoms with Crippen molar-refractivity contribution in [2.75, 3.05) is 14.2 Å². The Balaban J connectivity index is 1.61. The van der Waals surface area contributed by atoms with Gasteiger partial charge in [-0.15, -0.1) is 0 Å². The highest BCUT2D eigenvalue weighted by atomic mass is 16.5. The maximum Gasteiger partial charge on any atom is 0.161 e. The summed E-state index contributed by atoms with van der Waals surface area (Å²) in [5.74, 6) is 1.50. The summed E-state index contributed by atoms with van der Waals surface area (Å²) >= 11 is 0. The molecule has 0 atom stereocenters. The van der Waals surface area contributed by atoms with Gasteiger partial charge in [-0.05, 0) is 34.4 Å². The van der Waals surface area contributed by atoms with E-state index in [4.69, 9.17) is 14.2 Å². The minimum atomic E-state index is 0.512. The normalized spacial score (nSPS) is 10.6. The predicted octanol–water partition coefficient (Wildman–Crippen LogP) is 4.71. The van der Waals surface area contributed by atoms with Gasteiger partial charge in [-0.3, -0.25) is 0 Å². The van der Waals surface area contributed by atoms with E-state index in [0.29, 0.717) is 13.2 Å². The summed E-state index contributed by atoms with van der Waals surface area (Å²) in [7, 11) is 3.38. The molecule has 0 unspecified atom stereocenters. The predicted molar refractivity (Wildman–Crippen MR) is 111 cm³/mol. The molecule has 146 valence electrons. The van der Waals surface area contributed by atoms with Crippen molar-refractivity contribution in [1.82, 2.24) is 5.32 Å². The average Bonchev–Trinajstić information content (AvgIpc) is 2.74. The Bertz CT molecular complexity index is 865. The summed E-state index contributed by atoms with van der Waals surface area (Å²) in [5.41, 5.74) is 4.73. The third-order valence-corrected chi connectivity index (χ3v) is 4.53. The van der Waals surface area contributed by atoms with Crippen molar-refractivity contribution in [3.8, 4) is 11.5 Å². The molecule has 4 heteroatoms. The number of hydrogen-bond donors (Lipinski definition) is 1. The zero-order valence-electron chi connectivity index (χ0n) is 16.5. The molecule has 0 saturated carbocycles. The molecule has 0 radical (unpaired) electrons. The number of rotatable bonds is 10. The van der Waals surface area contributed by atoms with Gasteiger partial charge in [-0.1, -0.05) is 60.7 Å². The van der Waals surface area contributed by atoms with Crippen molar-refractivity contribution < 1.29 is 14.2 Å². The van der Waals surface area contributed by atoms with Gasteiger partial charge in [-0.2, -0.15) is 0 Å². The molecular weight excluding hydrogens is 350 g/mol. The Morgan fingerprint density at radius 1 is 0.679 bits per heavy atom. The average molecular weight is 377 g/mol. The highest BCUT2D eigenvalue weighted by Crippen LogP contribution is 2.29. The molecule has 3 rings (SSSR count). The van der Waals surface area contributed by atoms with Gasteiger partial charge in [0.05, 0.1) is 13.7 Å². The van der Waals surface area contributed by atoms with Crippen LogP contribution in [0.2, 0.25) is 0 Å². The first-order valence-electron chi connectivity index (χ1n) is 9.40. The molecule has 0 spiro atoms. The summed E-state index contributed by atoms with van der Waals surface area (Å²) in [4.78, 5) is 0. The van der Waals surface area contributed by atoms with Crippen LogP contribution in [0.4, 0.5) is 0 Å². The molecule has 28 heavy (non-hydrogen) atoms. The van der Waals surface area contributed by atoms with Crippen LogP contribution < -0.4 is 14.8 Å². The van der Waals surface area contributed by atoms with Crippen LogP contribution in [0.15, 0.2) is 72.8 Å². The molecule has 0 amide bonds. The van der Waals surface area contributed by atoms with Crippen LogP contribution in [0.25, 0.3) is 0 Å². The third-order valence-electron chi connectivity index (χ3n) is 4.53. The largest absolute Gasteiger partial charge is 0.493 e. The molecule has 3 aromatic carbocycles. The van der Waals surface area contributed by atoms with Crippen molar-refractivity contribution in [1.29, 1.82) is 0 Å². The van der Waals surface area contributed by atoms with E-state index in [9.17, 15) is 0 Å². The second-order valence-electron chi connectivity index (χ2n) is 6.56. The van der Waals surface area contributed by atoms with Crippen molar-refractivity contribution >= 4 is 0 Å². The van der Waals surface area contributed by atoms with Gasteiger partial charge in [0.2, 0.25) is 0 Å². The number of nitrogens with one attached hydrogen (secondary N) is 1. The Morgan fingerprint density at radius 3 is 2.18 bits per heavy atom. The van der Waals surface area contributed by atoms with E-state index in [2.05, 4.69) is 41.7 Å². The fourth-order valence-electron chi connectivity index (χ4n) is 3.05. The van der Waals surface area contributed by atoms with Gasteiger partial charge in [0.25, 0.3) is 0 Å². The number of ether oxygens (including phenoxy) is 3. The second-order valence-corrected chi connectivity index (χ2v) is 6.56. The lowest BCUT2D eigenvalue weighted by atomic mass is 10.1. The lowest BCUT2D eigenvalue weighted by Gasteiger charge is -2.14. The molecule has 0 aromatic heterocycles. The smallest absolute Gasteiger partial charge is 0.161 e. The van der Waals surface area contributed by atoms with Crippen molar-refractivity contribution in [2.45, 2.75) is 26.3 Å². The lowest BCUT2D eigenvalue weighted by molar-refractivity contribution is 0.184. The first kappa shape index (κ1) is 19.9. The summed E-state index contributed by atoms with van der Waals surface area (Å²) < 4.78 is 16.7. The van der Waals surface area contributed by atoms with Crippen LogP contribution >= 0.6 is 0 Å². The van der Waals surface area contributed by atoms with Gasteiger partial charge in [0.15, 0.2) is 11.5 Å². The van der Waals surface area contributed by atoms with E-state index in [0.717, 1.165) is 35.7 Å². The van der Waals surface area contributed by atoms with Crippen molar-refractivity contribution in [3.05, 3.63) is 95.1 Å². The fourth-order valence-corrected chi connectivity index (χ4v) is 3.05. The maximum absolute atomic E-state index is 6.00. The van der Waals surface area contributed by atoms with Crippen LogP contribution in [-0.4, -0.2) is 14.2 Å². The van der Waals surface area contributed by atoms with Crippen LogP contribution in [0, 0.1) is 0 Å². The Labute approximate surface area is 167 Å². The Hall–Kier alpha value is -2.82. The van der Waals surface area contributed by atoms with Crippen molar-refractivity contribution in [2.24, 2.45) is 0 Å². The molecule has 4 nitrogen and oxygen atoms in total. The van der Waals surface area contributed by atoms with E-state index in [1.165, 1.54) is 11.1 Å². The standard InChI is InChI=1S/C24H27NO3/c1-26-18-22-11-7-6-10-21(22)16-25-15-20-12-13-23(27-2)24(14-20)28-17-19-8-4-3-5-9-19/h3-14,25H,15-18H2,1-2H3. The van der Waals surface area contributed by atoms with E-state index >= 15 is 0 Å². The molecule has 3 aromatic rings. The molecule has 1 N–H and O–H groups in total. The second kappa shape index (κ2) is 10.5. The molecule has 0 aliphatic heterocycles. The van der Waals surface area contributed by atoms with E-state index < -0.39 is 0 Å². The molecule has 0 aliphatic rings.